The van der Waals surface area contributed by atoms with E-state index >= 15 is 0 Å². The van der Waals surface area contributed by atoms with Gasteiger partial charge in [-0.15, -0.1) is 0 Å². The van der Waals surface area contributed by atoms with Gasteiger partial charge in [-0.2, -0.15) is 0 Å². The summed E-state index contributed by atoms with van der Waals surface area (Å²) in [7, 11) is 0. The van der Waals surface area contributed by atoms with Gasteiger partial charge in [-0.1, -0.05) is 173 Å². The van der Waals surface area contributed by atoms with Crippen molar-refractivity contribution in [2.75, 3.05) is 6.54 Å². The van der Waals surface area contributed by atoms with Crippen LogP contribution in [-0.4, -0.2) is 30.5 Å². The molecule has 0 spiro atoms. The minimum absolute atomic E-state index is 0.0753. The number of ether oxygens (including phenoxy) is 2. The van der Waals surface area contributed by atoms with Crippen LogP contribution in [0.1, 0.15) is 180 Å². The fraction of sp³-hybridized carbons (Fsp3) is 0.775. The molecule has 2 unspecified atom stereocenters. The zero-order valence-electron chi connectivity index (χ0n) is 30.0. The molecule has 1 amide bonds. The largest absolute Gasteiger partial charge is 0.462 e. The van der Waals surface area contributed by atoms with E-state index in [1.165, 1.54) is 103 Å². The Morgan fingerprint density at radius 1 is 0.630 bits per heavy atom. The van der Waals surface area contributed by atoms with Gasteiger partial charge in [0.1, 0.15) is 19.3 Å². The van der Waals surface area contributed by atoms with Crippen molar-refractivity contribution in [3.63, 3.8) is 0 Å². The van der Waals surface area contributed by atoms with E-state index in [2.05, 4.69) is 26.1 Å². The number of amides is 1. The van der Waals surface area contributed by atoms with Crippen LogP contribution in [-0.2, 0) is 30.5 Å². The zero-order valence-corrected chi connectivity index (χ0v) is 30.0. The summed E-state index contributed by atoms with van der Waals surface area (Å²) in [6.07, 6.45) is 26.5. The second-order valence-electron chi connectivity index (χ2n) is 13.5. The average Bonchev–Trinajstić information content (AvgIpc) is 3.05. The summed E-state index contributed by atoms with van der Waals surface area (Å²) in [5.74, 6) is -0.145. The van der Waals surface area contributed by atoms with E-state index in [9.17, 15) is 14.4 Å². The van der Waals surface area contributed by atoms with Crippen LogP contribution in [0.3, 0.4) is 0 Å². The molecule has 1 aromatic rings. The maximum absolute atomic E-state index is 12.7. The lowest BCUT2D eigenvalue weighted by Gasteiger charge is -2.18. The second kappa shape index (κ2) is 30.0. The molecule has 0 aliphatic heterocycles. The molecule has 0 saturated heterocycles. The standard InChI is InChI=1S/C40H69NO5/c1-4-6-7-8-9-10-11-12-16-19-25-31-39(43)46-37(30-24-18-15-13-14-17-21-27-35(3)26-5-2)32-38(42)41-33-40(44)45-34-36-28-22-20-23-29-36/h20,22-23,28-29,35,37H,4-19,21,24-27,30-34H2,1-3H3,(H,41,42). The third-order valence-corrected chi connectivity index (χ3v) is 8.87. The maximum atomic E-state index is 12.7. The van der Waals surface area contributed by atoms with Crippen LogP contribution in [0, 0.1) is 5.92 Å². The Hall–Kier alpha value is -2.37. The number of hydrogen-bond acceptors (Lipinski definition) is 5. The van der Waals surface area contributed by atoms with Crippen molar-refractivity contribution in [3.8, 4) is 0 Å². The van der Waals surface area contributed by atoms with Crippen molar-refractivity contribution >= 4 is 17.8 Å². The van der Waals surface area contributed by atoms with Crippen LogP contribution in [0.4, 0.5) is 0 Å². The fourth-order valence-electron chi connectivity index (χ4n) is 6.01. The normalized spacial score (nSPS) is 12.4. The first-order valence-electron chi connectivity index (χ1n) is 19.1. The predicted octanol–water partition coefficient (Wildman–Crippen LogP) is 10.8. The van der Waals surface area contributed by atoms with Crippen molar-refractivity contribution in [1.29, 1.82) is 0 Å². The number of benzene rings is 1. The molecule has 0 saturated carbocycles. The topological polar surface area (TPSA) is 81.7 Å². The Balaban J connectivity index is 2.33. The molecule has 1 aromatic carbocycles. The predicted molar refractivity (Wildman–Crippen MR) is 190 cm³/mol. The lowest BCUT2D eigenvalue weighted by Crippen LogP contribution is -2.34. The van der Waals surface area contributed by atoms with E-state index in [1.54, 1.807) is 0 Å². The summed E-state index contributed by atoms with van der Waals surface area (Å²) in [6.45, 7) is 6.86. The monoisotopic (exact) mass is 644 g/mol. The first-order chi connectivity index (χ1) is 22.4. The third kappa shape index (κ3) is 25.8. The number of esters is 2. The van der Waals surface area contributed by atoms with Crippen LogP contribution < -0.4 is 5.32 Å². The van der Waals surface area contributed by atoms with Crippen molar-refractivity contribution in [1.82, 2.24) is 5.32 Å². The molecule has 6 heteroatoms. The molecular weight excluding hydrogens is 574 g/mol. The molecule has 1 N–H and O–H groups in total. The first-order valence-corrected chi connectivity index (χ1v) is 19.1. The summed E-state index contributed by atoms with van der Waals surface area (Å²) in [4.78, 5) is 37.5. The minimum atomic E-state index is -0.484. The van der Waals surface area contributed by atoms with Crippen molar-refractivity contribution in [2.24, 2.45) is 5.92 Å². The second-order valence-corrected chi connectivity index (χ2v) is 13.5. The lowest BCUT2D eigenvalue weighted by molar-refractivity contribution is -0.152. The number of unbranched alkanes of at least 4 members (excludes halogenated alkanes) is 16. The summed E-state index contributed by atoms with van der Waals surface area (Å²) in [5.41, 5.74) is 0.897. The molecule has 6 nitrogen and oxygen atoms in total. The Morgan fingerprint density at radius 3 is 1.76 bits per heavy atom. The molecule has 0 aromatic heterocycles. The summed E-state index contributed by atoms with van der Waals surface area (Å²) >= 11 is 0. The molecule has 0 fully saturated rings. The molecule has 0 bridgehead atoms. The van der Waals surface area contributed by atoms with E-state index in [-0.39, 0.29) is 31.4 Å². The highest BCUT2D eigenvalue weighted by molar-refractivity contribution is 5.82. The Bertz CT molecular complexity index is 874. The number of hydrogen-bond donors (Lipinski definition) is 1. The van der Waals surface area contributed by atoms with Crippen LogP contribution in [0.25, 0.3) is 0 Å². The highest BCUT2D eigenvalue weighted by Gasteiger charge is 2.19. The van der Waals surface area contributed by atoms with Gasteiger partial charge in [-0.05, 0) is 30.7 Å². The van der Waals surface area contributed by atoms with E-state index in [0.29, 0.717) is 12.8 Å². The Morgan fingerprint density at radius 2 is 1.17 bits per heavy atom. The van der Waals surface area contributed by atoms with Gasteiger partial charge >= 0.3 is 11.9 Å². The quantitative estimate of drug-likeness (QED) is 0.0643. The molecule has 0 radical (unpaired) electrons. The van der Waals surface area contributed by atoms with Gasteiger partial charge in [0, 0.05) is 6.42 Å². The van der Waals surface area contributed by atoms with Crippen LogP contribution in [0.5, 0.6) is 0 Å². The molecule has 0 aliphatic rings. The minimum Gasteiger partial charge on any atom is -0.462 e. The molecular formula is C40H69NO5. The van der Waals surface area contributed by atoms with E-state index in [0.717, 1.165) is 43.6 Å². The summed E-state index contributed by atoms with van der Waals surface area (Å²) in [6, 6.07) is 9.45. The molecule has 0 heterocycles. The van der Waals surface area contributed by atoms with Gasteiger partial charge < -0.3 is 14.8 Å². The number of nitrogens with one attached hydrogen (secondary N) is 1. The van der Waals surface area contributed by atoms with Gasteiger partial charge in [0.05, 0.1) is 6.42 Å². The number of rotatable bonds is 31. The molecule has 0 aliphatic carbocycles. The molecule has 46 heavy (non-hydrogen) atoms. The molecule has 264 valence electrons. The van der Waals surface area contributed by atoms with Crippen molar-refractivity contribution in [3.05, 3.63) is 35.9 Å². The first kappa shape index (κ1) is 41.7. The van der Waals surface area contributed by atoms with Crippen molar-refractivity contribution < 1.29 is 23.9 Å². The molecule has 1 rings (SSSR count). The highest BCUT2D eigenvalue weighted by atomic mass is 16.5. The smallest absolute Gasteiger partial charge is 0.325 e. The van der Waals surface area contributed by atoms with Gasteiger partial charge in [-0.25, -0.2) is 0 Å². The summed E-state index contributed by atoms with van der Waals surface area (Å²) < 4.78 is 11.1. The van der Waals surface area contributed by atoms with Gasteiger partial charge in [0.2, 0.25) is 5.91 Å². The van der Waals surface area contributed by atoms with E-state index in [4.69, 9.17) is 9.47 Å². The number of carbonyl (C=O) groups excluding carboxylic acids is 3. The van der Waals surface area contributed by atoms with Crippen LogP contribution >= 0.6 is 0 Å². The zero-order chi connectivity index (χ0) is 33.5. The highest BCUT2D eigenvalue weighted by Crippen LogP contribution is 2.18. The van der Waals surface area contributed by atoms with E-state index < -0.39 is 12.1 Å². The Labute approximate surface area is 282 Å². The average molecular weight is 644 g/mol. The van der Waals surface area contributed by atoms with Gasteiger partial charge in [0.15, 0.2) is 0 Å². The fourth-order valence-corrected chi connectivity index (χ4v) is 6.01. The summed E-state index contributed by atoms with van der Waals surface area (Å²) in [5, 5.41) is 2.65. The van der Waals surface area contributed by atoms with E-state index in [1.807, 2.05) is 30.3 Å². The van der Waals surface area contributed by atoms with Crippen molar-refractivity contribution in [2.45, 2.75) is 188 Å². The lowest BCUT2D eigenvalue weighted by atomic mass is 9.98. The number of carbonyl (C=O) groups is 3. The third-order valence-electron chi connectivity index (χ3n) is 8.87. The SMILES string of the molecule is CCCCCCCCCCCCCC(=O)OC(CCCCCCCCCC(C)CCC)CC(=O)NCC(=O)OCc1ccccc1. The Kier molecular flexibility index (Phi) is 27.2. The molecule has 2 atom stereocenters. The van der Waals surface area contributed by atoms with Crippen LogP contribution in [0.15, 0.2) is 30.3 Å². The van der Waals surface area contributed by atoms with Crippen LogP contribution in [0.2, 0.25) is 0 Å². The van der Waals surface area contributed by atoms with Gasteiger partial charge in [0.25, 0.3) is 0 Å². The van der Waals surface area contributed by atoms with Gasteiger partial charge in [-0.3, -0.25) is 14.4 Å². The maximum Gasteiger partial charge on any atom is 0.325 e.